The van der Waals surface area contributed by atoms with E-state index in [4.69, 9.17) is 5.10 Å². The van der Waals surface area contributed by atoms with Crippen LogP contribution in [-0.2, 0) is 6.42 Å². The van der Waals surface area contributed by atoms with Crippen molar-refractivity contribution in [1.29, 1.82) is 0 Å². The van der Waals surface area contributed by atoms with Gasteiger partial charge in [0.05, 0.1) is 23.2 Å². The number of hydrogen-bond donors (Lipinski definition) is 1. The molecule has 1 N–H and O–H groups in total. The van der Waals surface area contributed by atoms with Crippen LogP contribution in [0, 0.1) is 6.92 Å². The van der Waals surface area contributed by atoms with Crippen LogP contribution in [0.5, 0.6) is 0 Å². The highest BCUT2D eigenvalue weighted by Crippen LogP contribution is 2.35. The predicted molar refractivity (Wildman–Crippen MR) is 118 cm³/mol. The predicted octanol–water partition coefficient (Wildman–Crippen LogP) is 3.07. The second-order valence-corrected chi connectivity index (χ2v) is 8.61. The molecule has 0 unspecified atom stereocenters. The Morgan fingerprint density at radius 3 is 2.97 bits per heavy atom. The zero-order valence-corrected chi connectivity index (χ0v) is 18.0. The van der Waals surface area contributed by atoms with Crippen LogP contribution < -0.4 is 0 Å². The molecule has 158 valence electrons. The van der Waals surface area contributed by atoms with Gasteiger partial charge in [-0.05, 0) is 36.8 Å². The van der Waals surface area contributed by atoms with Gasteiger partial charge in [-0.3, -0.25) is 9.78 Å². The minimum atomic E-state index is -0.404. The number of imidazole rings is 1. The number of hydrogen-bond acceptors (Lipinski definition) is 7. The van der Waals surface area contributed by atoms with Crippen LogP contribution in [-0.4, -0.2) is 52.1 Å². The van der Waals surface area contributed by atoms with E-state index in [0.717, 1.165) is 28.2 Å². The van der Waals surface area contributed by atoms with Gasteiger partial charge in [0.1, 0.15) is 11.7 Å². The molecule has 32 heavy (non-hydrogen) atoms. The van der Waals surface area contributed by atoms with Crippen molar-refractivity contribution in [1.82, 2.24) is 39.7 Å². The molecule has 6 heterocycles. The molecule has 0 spiro atoms. The molecule has 9 nitrogen and oxygen atoms in total. The first-order valence-electron chi connectivity index (χ1n) is 10.2. The van der Waals surface area contributed by atoms with Gasteiger partial charge in [-0.2, -0.15) is 5.10 Å². The van der Waals surface area contributed by atoms with Gasteiger partial charge in [-0.15, -0.1) is 10.2 Å². The molecular formula is C22H18N8OS. The van der Waals surface area contributed by atoms with E-state index in [2.05, 4.69) is 25.1 Å². The van der Waals surface area contributed by atoms with E-state index in [1.807, 2.05) is 54.0 Å². The second kappa shape index (κ2) is 7.34. The van der Waals surface area contributed by atoms with Crippen LogP contribution in [0.3, 0.4) is 0 Å². The highest BCUT2D eigenvalue weighted by atomic mass is 32.1. The summed E-state index contributed by atoms with van der Waals surface area (Å²) in [6.45, 7) is 2.58. The summed E-state index contributed by atoms with van der Waals surface area (Å²) in [6, 6.07) is 11.2. The second-order valence-electron chi connectivity index (χ2n) is 7.63. The molecule has 0 radical (unpaired) electrons. The Labute approximate surface area is 186 Å². The minimum Gasteiger partial charge on any atom is -0.348 e. The van der Waals surface area contributed by atoms with Gasteiger partial charge in [0.15, 0.2) is 5.01 Å². The third-order valence-electron chi connectivity index (χ3n) is 5.69. The molecule has 0 bridgehead atoms. The quantitative estimate of drug-likeness (QED) is 0.460. The summed E-state index contributed by atoms with van der Waals surface area (Å²) < 4.78 is 1.85. The molecule has 1 amide bonds. The van der Waals surface area contributed by atoms with Gasteiger partial charge < -0.3 is 9.88 Å². The number of aromatic amines is 1. The lowest BCUT2D eigenvalue weighted by Crippen LogP contribution is -2.41. The number of aryl methyl sites for hydroxylation is 1. The Morgan fingerprint density at radius 2 is 2.12 bits per heavy atom. The molecule has 10 heteroatoms. The smallest absolute Gasteiger partial charge is 0.285 e. The van der Waals surface area contributed by atoms with Crippen molar-refractivity contribution in [2.24, 2.45) is 0 Å². The molecule has 0 saturated heterocycles. The third-order valence-corrected chi connectivity index (χ3v) is 6.62. The lowest BCUT2D eigenvalue weighted by Gasteiger charge is -2.33. The number of carbonyl (C=O) groups is 1. The fourth-order valence-corrected chi connectivity index (χ4v) is 4.91. The number of H-pyrrole nitrogens is 1. The molecule has 0 aromatic carbocycles. The van der Waals surface area contributed by atoms with Crippen LogP contribution in [0.1, 0.15) is 38.5 Å². The topological polar surface area (TPSA) is 105 Å². The molecule has 5 aromatic heterocycles. The summed E-state index contributed by atoms with van der Waals surface area (Å²) in [7, 11) is 0. The fourth-order valence-electron chi connectivity index (χ4n) is 4.13. The Bertz CT molecular complexity index is 1440. The monoisotopic (exact) mass is 442 g/mol. The number of pyridine rings is 2. The molecule has 0 fully saturated rings. The average Bonchev–Trinajstić information content (AvgIpc) is 3.58. The molecular weight excluding hydrogens is 424 g/mol. The van der Waals surface area contributed by atoms with Crippen LogP contribution in [0.15, 0.2) is 55.1 Å². The maximum atomic E-state index is 13.6. The van der Waals surface area contributed by atoms with Crippen molar-refractivity contribution in [2.45, 2.75) is 19.4 Å². The van der Waals surface area contributed by atoms with Gasteiger partial charge >= 0.3 is 0 Å². The standard InChI is InChI=1S/C22H18N8OS/c1-13-5-4-9-30-17(13)11-16(28-30)19-18-14(24-12-25-18)7-10-29(19)22(31)21-27-26-20(32-21)15-6-2-3-8-23-15/h2-6,8-9,11-12,19H,7,10H2,1H3,(H,24,25)/t19-/m0/s1. The van der Waals surface area contributed by atoms with Gasteiger partial charge in [0.25, 0.3) is 5.91 Å². The zero-order chi connectivity index (χ0) is 21.7. The van der Waals surface area contributed by atoms with Gasteiger partial charge in [0.2, 0.25) is 5.01 Å². The zero-order valence-electron chi connectivity index (χ0n) is 17.1. The van der Waals surface area contributed by atoms with E-state index in [0.29, 0.717) is 28.7 Å². The van der Waals surface area contributed by atoms with E-state index < -0.39 is 6.04 Å². The van der Waals surface area contributed by atoms with Crippen molar-refractivity contribution in [2.75, 3.05) is 6.54 Å². The Morgan fingerprint density at radius 1 is 1.19 bits per heavy atom. The van der Waals surface area contributed by atoms with Crippen LogP contribution >= 0.6 is 11.3 Å². The summed E-state index contributed by atoms with van der Waals surface area (Å²) in [6.07, 6.45) is 5.98. The number of nitrogens with zero attached hydrogens (tertiary/aromatic N) is 7. The maximum Gasteiger partial charge on any atom is 0.285 e. The van der Waals surface area contributed by atoms with E-state index in [1.165, 1.54) is 11.3 Å². The lowest BCUT2D eigenvalue weighted by atomic mass is 9.99. The summed E-state index contributed by atoms with van der Waals surface area (Å²) >= 11 is 1.25. The molecule has 6 rings (SSSR count). The van der Waals surface area contributed by atoms with Crippen LogP contribution in [0.4, 0.5) is 0 Å². The Balaban J connectivity index is 1.41. The molecule has 1 aliphatic rings. The molecule has 1 atom stereocenters. The molecule has 1 aliphatic heterocycles. The number of amides is 1. The van der Waals surface area contributed by atoms with E-state index in [9.17, 15) is 4.79 Å². The van der Waals surface area contributed by atoms with Crippen molar-refractivity contribution in [3.63, 3.8) is 0 Å². The van der Waals surface area contributed by atoms with E-state index in [-0.39, 0.29) is 5.91 Å². The van der Waals surface area contributed by atoms with Crippen molar-refractivity contribution in [3.05, 3.63) is 82.8 Å². The minimum absolute atomic E-state index is 0.183. The van der Waals surface area contributed by atoms with Crippen molar-refractivity contribution in [3.8, 4) is 10.7 Å². The summed E-state index contributed by atoms with van der Waals surface area (Å²) in [5.74, 6) is -0.183. The third kappa shape index (κ3) is 2.99. The number of aromatic nitrogens is 7. The van der Waals surface area contributed by atoms with E-state index >= 15 is 0 Å². The van der Waals surface area contributed by atoms with Crippen molar-refractivity contribution >= 4 is 22.8 Å². The summed E-state index contributed by atoms with van der Waals surface area (Å²) in [5, 5.41) is 14.1. The van der Waals surface area contributed by atoms with Gasteiger partial charge in [-0.25, -0.2) is 9.50 Å². The number of carbonyl (C=O) groups excluding carboxylic acids is 1. The number of fused-ring (bicyclic) bond motifs is 2. The summed E-state index contributed by atoms with van der Waals surface area (Å²) in [5.41, 5.74) is 5.44. The first-order valence-corrected chi connectivity index (χ1v) is 11.0. The highest BCUT2D eigenvalue weighted by molar-refractivity contribution is 7.16. The lowest BCUT2D eigenvalue weighted by molar-refractivity contribution is 0.0685. The average molecular weight is 443 g/mol. The van der Waals surface area contributed by atoms with Crippen LogP contribution in [0.25, 0.3) is 16.2 Å². The Hall–Kier alpha value is -3.92. The first-order chi connectivity index (χ1) is 15.7. The Kier molecular flexibility index (Phi) is 4.32. The SMILES string of the molecule is Cc1cccn2nc([C@H]3c4nc[nH]c4CCN3C(=O)c3nnc(-c4ccccn4)s3)cc12. The number of nitrogens with one attached hydrogen (secondary N) is 1. The largest absolute Gasteiger partial charge is 0.348 e. The maximum absolute atomic E-state index is 13.6. The van der Waals surface area contributed by atoms with Gasteiger partial charge in [0, 0.05) is 31.1 Å². The van der Waals surface area contributed by atoms with Crippen molar-refractivity contribution < 1.29 is 4.79 Å². The molecule has 0 aliphatic carbocycles. The van der Waals surface area contributed by atoms with Crippen LogP contribution in [0.2, 0.25) is 0 Å². The first kappa shape index (κ1) is 18.8. The summed E-state index contributed by atoms with van der Waals surface area (Å²) in [4.78, 5) is 27.4. The normalized spacial score (nSPS) is 15.8. The van der Waals surface area contributed by atoms with E-state index in [1.54, 1.807) is 17.4 Å². The molecule has 0 saturated carbocycles. The fraction of sp³-hybridized carbons (Fsp3) is 0.182. The number of rotatable bonds is 3. The highest BCUT2D eigenvalue weighted by Gasteiger charge is 2.37. The van der Waals surface area contributed by atoms with Gasteiger partial charge in [-0.1, -0.05) is 23.5 Å². The molecule has 5 aromatic rings.